The molecule has 120 valence electrons. The van der Waals surface area contributed by atoms with Crippen molar-refractivity contribution in [2.24, 2.45) is 0 Å². The van der Waals surface area contributed by atoms with E-state index in [1.165, 1.54) is 19.2 Å². The number of rotatable bonds is 3. The fourth-order valence-electron chi connectivity index (χ4n) is 3.11. The van der Waals surface area contributed by atoms with Gasteiger partial charge in [-0.15, -0.1) is 0 Å². The molecule has 1 saturated carbocycles. The second-order valence-electron chi connectivity index (χ2n) is 5.82. The Morgan fingerprint density at radius 1 is 1.41 bits per heavy atom. The van der Waals surface area contributed by atoms with E-state index in [4.69, 9.17) is 15.2 Å². The van der Waals surface area contributed by atoms with Crippen LogP contribution in [0.4, 0.5) is 18.9 Å². The van der Waals surface area contributed by atoms with Crippen molar-refractivity contribution < 1.29 is 27.4 Å². The second kappa shape index (κ2) is 4.52. The van der Waals surface area contributed by atoms with Gasteiger partial charge in [-0.25, -0.2) is 0 Å². The van der Waals surface area contributed by atoms with Gasteiger partial charge in [0.25, 0.3) is 5.91 Å². The Kier molecular flexibility index (Phi) is 3.07. The first-order chi connectivity index (χ1) is 10.2. The zero-order chi connectivity index (χ0) is 16.2. The van der Waals surface area contributed by atoms with Gasteiger partial charge in [-0.1, -0.05) is 0 Å². The number of carbonyl (C=O) groups excluding carboxylic acids is 1. The van der Waals surface area contributed by atoms with Crippen molar-refractivity contribution in [1.29, 1.82) is 0 Å². The van der Waals surface area contributed by atoms with E-state index in [1.807, 2.05) is 0 Å². The lowest BCUT2D eigenvalue weighted by atomic mass is 9.68. The van der Waals surface area contributed by atoms with E-state index < -0.39 is 23.2 Å². The Morgan fingerprint density at radius 3 is 2.59 bits per heavy atom. The van der Waals surface area contributed by atoms with E-state index in [9.17, 15) is 18.0 Å². The van der Waals surface area contributed by atoms with Crippen molar-refractivity contribution in [1.82, 2.24) is 5.32 Å². The number of methoxy groups -OCH3 is 1. The van der Waals surface area contributed by atoms with Crippen LogP contribution >= 0.6 is 0 Å². The standard InChI is InChI=1S/C14H15F3N2O3/c1-21-8-2-3-9(10(18)4-8)11(20)19-12-5-13(6-12,22-7-12)14(15,16)17/h2-4H,5-7,18H2,1H3,(H,19,20). The highest BCUT2D eigenvalue weighted by atomic mass is 19.4. The van der Waals surface area contributed by atoms with Crippen LogP contribution in [0.15, 0.2) is 18.2 Å². The zero-order valence-corrected chi connectivity index (χ0v) is 11.8. The number of nitrogens with two attached hydrogens (primary N) is 1. The molecule has 4 rings (SSSR count). The Labute approximate surface area is 124 Å². The monoisotopic (exact) mass is 316 g/mol. The molecule has 22 heavy (non-hydrogen) atoms. The lowest BCUT2D eigenvalue weighted by Crippen LogP contribution is -2.64. The first-order valence-electron chi connectivity index (χ1n) is 6.67. The minimum atomic E-state index is -4.42. The van der Waals surface area contributed by atoms with E-state index in [-0.39, 0.29) is 30.7 Å². The molecular formula is C14H15F3N2O3. The summed E-state index contributed by atoms with van der Waals surface area (Å²) in [6, 6.07) is 4.53. The lowest BCUT2D eigenvalue weighted by Gasteiger charge is -2.45. The average Bonchev–Trinajstić information content (AvgIpc) is 2.94. The van der Waals surface area contributed by atoms with Gasteiger partial charge in [0.1, 0.15) is 5.75 Å². The van der Waals surface area contributed by atoms with Gasteiger partial charge in [0, 0.05) is 24.6 Å². The van der Waals surface area contributed by atoms with Crippen LogP contribution in [0.5, 0.6) is 5.75 Å². The molecule has 1 amide bonds. The van der Waals surface area contributed by atoms with E-state index >= 15 is 0 Å². The van der Waals surface area contributed by atoms with Crippen LogP contribution in [0.3, 0.4) is 0 Å². The number of anilines is 1. The van der Waals surface area contributed by atoms with Crippen molar-refractivity contribution in [2.75, 3.05) is 19.5 Å². The molecule has 3 aliphatic rings. The molecule has 0 unspecified atom stereocenters. The van der Waals surface area contributed by atoms with Gasteiger partial charge in [0.15, 0.2) is 5.60 Å². The minimum absolute atomic E-state index is 0.145. The summed E-state index contributed by atoms with van der Waals surface area (Å²) in [4.78, 5) is 12.2. The van der Waals surface area contributed by atoms with Crippen LogP contribution < -0.4 is 15.8 Å². The maximum Gasteiger partial charge on any atom is 0.417 e. The first kappa shape index (κ1) is 15.0. The van der Waals surface area contributed by atoms with Crippen LogP contribution in [0.25, 0.3) is 0 Å². The zero-order valence-electron chi connectivity index (χ0n) is 11.8. The summed E-state index contributed by atoms with van der Waals surface area (Å²) in [6.07, 6.45) is -4.94. The van der Waals surface area contributed by atoms with Crippen LogP contribution in [-0.4, -0.2) is 36.9 Å². The number of hydrogen-bond donors (Lipinski definition) is 2. The summed E-state index contributed by atoms with van der Waals surface area (Å²) in [7, 11) is 1.47. The number of amides is 1. The molecule has 2 bridgehead atoms. The highest BCUT2D eigenvalue weighted by Crippen LogP contribution is 2.59. The molecule has 3 N–H and O–H groups in total. The smallest absolute Gasteiger partial charge is 0.417 e. The summed E-state index contributed by atoms with van der Waals surface area (Å²) in [5.74, 6) is -0.0161. The van der Waals surface area contributed by atoms with Crippen LogP contribution in [0.1, 0.15) is 23.2 Å². The van der Waals surface area contributed by atoms with Crippen molar-refractivity contribution in [2.45, 2.75) is 30.2 Å². The molecule has 8 heteroatoms. The summed E-state index contributed by atoms with van der Waals surface area (Å²) in [6.45, 7) is -0.145. The van der Waals surface area contributed by atoms with Gasteiger partial charge in [-0.3, -0.25) is 4.79 Å². The molecule has 2 saturated heterocycles. The van der Waals surface area contributed by atoms with Gasteiger partial charge >= 0.3 is 6.18 Å². The molecule has 2 heterocycles. The largest absolute Gasteiger partial charge is 0.497 e. The predicted molar refractivity (Wildman–Crippen MR) is 71.6 cm³/mol. The summed E-state index contributed by atoms with van der Waals surface area (Å²) < 4.78 is 48.5. The predicted octanol–water partition coefficient (Wildman–Crippen LogP) is 1.87. The first-order valence-corrected chi connectivity index (χ1v) is 6.67. The second-order valence-corrected chi connectivity index (χ2v) is 5.82. The number of nitrogen functional groups attached to an aromatic ring is 1. The van der Waals surface area contributed by atoms with Gasteiger partial charge in [0.2, 0.25) is 0 Å². The minimum Gasteiger partial charge on any atom is -0.497 e. The molecule has 3 fully saturated rings. The van der Waals surface area contributed by atoms with E-state index in [0.29, 0.717) is 5.75 Å². The number of carbonyl (C=O) groups is 1. The van der Waals surface area contributed by atoms with Gasteiger partial charge in [-0.2, -0.15) is 13.2 Å². The SMILES string of the molecule is COc1ccc(C(=O)NC23COC(C(F)(F)F)(C2)C3)c(N)c1. The molecule has 0 aromatic heterocycles. The topological polar surface area (TPSA) is 73.6 Å². The Morgan fingerprint density at radius 2 is 2.09 bits per heavy atom. The molecule has 0 atom stereocenters. The lowest BCUT2D eigenvalue weighted by molar-refractivity contribution is -0.273. The fraction of sp³-hybridized carbons (Fsp3) is 0.500. The number of halogens is 3. The van der Waals surface area contributed by atoms with E-state index in [2.05, 4.69) is 5.32 Å². The summed E-state index contributed by atoms with van der Waals surface area (Å²) in [5.41, 5.74) is 3.11. The Hall–Kier alpha value is -1.96. The number of ether oxygens (including phenoxy) is 2. The Balaban J connectivity index is 1.72. The molecule has 1 aromatic carbocycles. The number of alkyl halides is 3. The van der Waals surface area contributed by atoms with Crippen molar-refractivity contribution in [3.05, 3.63) is 23.8 Å². The molecular weight excluding hydrogens is 301 g/mol. The average molecular weight is 316 g/mol. The van der Waals surface area contributed by atoms with Gasteiger partial charge in [-0.05, 0) is 12.1 Å². The van der Waals surface area contributed by atoms with E-state index in [1.54, 1.807) is 6.07 Å². The number of fused-ring (bicyclic) bond motifs is 1. The number of benzene rings is 1. The molecule has 1 aromatic rings. The quantitative estimate of drug-likeness (QED) is 0.835. The number of nitrogens with one attached hydrogen (secondary N) is 1. The Bertz CT molecular complexity index is 624. The van der Waals surface area contributed by atoms with Crippen LogP contribution in [-0.2, 0) is 4.74 Å². The van der Waals surface area contributed by atoms with Gasteiger partial charge < -0.3 is 20.5 Å². The normalized spacial score (nSPS) is 29.8. The maximum absolute atomic E-state index is 12.9. The molecule has 2 aliphatic heterocycles. The maximum atomic E-state index is 12.9. The third-order valence-electron chi connectivity index (χ3n) is 4.27. The van der Waals surface area contributed by atoms with Crippen molar-refractivity contribution >= 4 is 11.6 Å². The fourth-order valence-corrected chi connectivity index (χ4v) is 3.11. The highest BCUT2D eigenvalue weighted by molar-refractivity contribution is 6.00. The van der Waals surface area contributed by atoms with Crippen LogP contribution in [0, 0.1) is 0 Å². The summed E-state index contributed by atoms with van der Waals surface area (Å²) >= 11 is 0. The highest BCUT2D eigenvalue weighted by Gasteiger charge is 2.74. The van der Waals surface area contributed by atoms with Crippen molar-refractivity contribution in [3.8, 4) is 5.75 Å². The molecule has 5 nitrogen and oxygen atoms in total. The molecule has 0 spiro atoms. The van der Waals surface area contributed by atoms with Crippen molar-refractivity contribution in [3.63, 3.8) is 0 Å². The van der Waals surface area contributed by atoms with E-state index in [0.717, 1.165) is 0 Å². The molecule has 0 radical (unpaired) electrons. The summed E-state index contributed by atoms with van der Waals surface area (Å²) in [5, 5.41) is 2.63. The number of hydrogen-bond acceptors (Lipinski definition) is 4. The van der Waals surface area contributed by atoms with Gasteiger partial charge in [0.05, 0.1) is 24.8 Å². The third-order valence-corrected chi connectivity index (χ3v) is 4.27. The third kappa shape index (κ3) is 2.09. The van der Waals surface area contributed by atoms with Crippen LogP contribution in [0.2, 0.25) is 0 Å². The molecule has 1 aliphatic carbocycles.